The number of hydrogen-bond donors (Lipinski definition) is 2. The van der Waals surface area contributed by atoms with Crippen molar-refractivity contribution in [2.75, 3.05) is 25.1 Å². The summed E-state index contributed by atoms with van der Waals surface area (Å²) < 4.78 is 5.43. The van der Waals surface area contributed by atoms with E-state index in [1.165, 1.54) is 0 Å². The third kappa shape index (κ3) is 6.35. The Morgan fingerprint density at radius 1 is 1.05 bits per heavy atom. The standard InChI is InChI=1S/C32H32ClN7O3/c1-32(2,23-8-6-20(7-9-23)29-34-12-3-13-35-29)39-27(41)19-40-18-22-5-4-21(16-25(22)30(40)42)28-26(33)17-36-31(38-28)37-24-10-14-43-15-11-24/h3-9,12-13,16-17,24H,10-11,14-15,18-19H2,1-2H3,(H,39,41)(H,36,37,38). The molecular formula is C32H32ClN7O3. The van der Waals surface area contributed by atoms with Gasteiger partial charge in [0.2, 0.25) is 11.9 Å². The SMILES string of the molecule is CC(C)(NC(=O)CN1Cc2ccc(-c3nc(NC4CCOCC4)ncc3Cl)cc2C1=O)c1ccc(-c2ncccn2)cc1. The number of nitrogens with zero attached hydrogens (tertiary/aromatic N) is 5. The van der Waals surface area contributed by atoms with Gasteiger partial charge in [-0.25, -0.2) is 19.9 Å². The zero-order valence-electron chi connectivity index (χ0n) is 24.0. The molecule has 2 aliphatic rings. The van der Waals surface area contributed by atoms with E-state index < -0.39 is 5.54 Å². The van der Waals surface area contributed by atoms with Crippen LogP contribution in [0.3, 0.4) is 0 Å². The normalized spacial score (nSPS) is 15.3. The number of fused-ring (bicyclic) bond motifs is 1. The first kappa shape index (κ1) is 28.7. The van der Waals surface area contributed by atoms with Crippen molar-refractivity contribution in [2.24, 2.45) is 0 Å². The minimum atomic E-state index is -0.657. The highest BCUT2D eigenvalue weighted by molar-refractivity contribution is 6.33. The first-order valence-electron chi connectivity index (χ1n) is 14.3. The summed E-state index contributed by atoms with van der Waals surface area (Å²) in [6.07, 6.45) is 6.73. The van der Waals surface area contributed by atoms with Crippen molar-refractivity contribution < 1.29 is 14.3 Å². The largest absolute Gasteiger partial charge is 0.381 e. The molecule has 11 heteroatoms. The lowest BCUT2D eigenvalue weighted by molar-refractivity contribution is -0.123. The average Bonchev–Trinajstić information content (AvgIpc) is 3.32. The Kier molecular flexibility index (Phi) is 8.05. The molecule has 10 nitrogen and oxygen atoms in total. The maximum absolute atomic E-state index is 13.4. The number of rotatable bonds is 8. The molecule has 0 aliphatic carbocycles. The van der Waals surface area contributed by atoms with Gasteiger partial charge in [0.15, 0.2) is 5.82 Å². The molecule has 4 heterocycles. The lowest BCUT2D eigenvalue weighted by Gasteiger charge is -2.28. The maximum atomic E-state index is 13.4. The molecule has 0 radical (unpaired) electrons. The van der Waals surface area contributed by atoms with Crippen LogP contribution in [0.1, 0.15) is 48.2 Å². The summed E-state index contributed by atoms with van der Waals surface area (Å²) in [5.41, 5.74) is 3.81. The molecule has 2 aromatic carbocycles. The third-order valence-corrected chi connectivity index (χ3v) is 8.05. The summed E-state index contributed by atoms with van der Waals surface area (Å²) in [5, 5.41) is 6.83. The van der Waals surface area contributed by atoms with E-state index >= 15 is 0 Å². The second-order valence-electron chi connectivity index (χ2n) is 11.3. The van der Waals surface area contributed by atoms with Gasteiger partial charge >= 0.3 is 0 Å². The fraction of sp³-hybridized carbons (Fsp3) is 0.312. The number of halogens is 1. The Hall–Kier alpha value is -4.41. The molecule has 2 aromatic heterocycles. The lowest BCUT2D eigenvalue weighted by atomic mass is 9.93. The highest BCUT2D eigenvalue weighted by Gasteiger charge is 2.31. The van der Waals surface area contributed by atoms with Gasteiger partial charge in [0.05, 0.1) is 22.5 Å². The minimum Gasteiger partial charge on any atom is -0.381 e. The molecule has 6 rings (SSSR count). The molecule has 220 valence electrons. The van der Waals surface area contributed by atoms with Crippen LogP contribution in [0.4, 0.5) is 5.95 Å². The Morgan fingerprint density at radius 2 is 1.77 bits per heavy atom. The molecule has 2 N–H and O–H groups in total. The van der Waals surface area contributed by atoms with E-state index in [-0.39, 0.29) is 24.4 Å². The number of aromatic nitrogens is 4. The summed E-state index contributed by atoms with van der Waals surface area (Å²) in [5.74, 6) is 0.676. The summed E-state index contributed by atoms with van der Waals surface area (Å²) in [4.78, 5) is 45.6. The number of amides is 2. The predicted octanol–water partition coefficient (Wildman–Crippen LogP) is 4.85. The van der Waals surface area contributed by atoms with Crippen LogP contribution in [-0.2, 0) is 21.6 Å². The number of nitrogens with one attached hydrogen (secondary N) is 2. The van der Waals surface area contributed by atoms with Crippen LogP contribution in [-0.4, -0.2) is 62.5 Å². The third-order valence-electron chi connectivity index (χ3n) is 7.78. The molecule has 0 bridgehead atoms. The fourth-order valence-corrected chi connectivity index (χ4v) is 5.62. The lowest BCUT2D eigenvalue weighted by Crippen LogP contribution is -2.46. The van der Waals surface area contributed by atoms with Crippen LogP contribution in [0, 0.1) is 0 Å². The number of hydrogen-bond acceptors (Lipinski definition) is 8. The van der Waals surface area contributed by atoms with Crippen LogP contribution in [0.25, 0.3) is 22.6 Å². The van der Waals surface area contributed by atoms with E-state index in [0.29, 0.717) is 53.4 Å². The van der Waals surface area contributed by atoms with Crippen molar-refractivity contribution in [3.63, 3.8) is 0 Å². The van der Waals surface area contributed by atoms with E-state index in [4.69, 9.17) is 16.3 Å². The summed E-state index contributed by atoms with van der Waals surface area (Å²) in [7, 11) is 0. The van der Waals surface area contributed by atoms with Gasteiger partial charge in [-0.1, -0.05) is 48.0 Å². The first-order chi connectivity index (χ1) is 20.8. The quantitative estimate of drug-likeness (QED) is 0.295. The van der Waals surface area contributed by atoms with Crippen LogP contribution >= 0.6 is 11.6 Å². The predicted molar refractivity (Wildman–Crippen MR) is 163 cm³/mol. The Labute approximate surface area is 254 Å². The molecular weight excluding hydrogens is 566 g/mol. The van der Waals surface area contributed by atoms with Crippen LogP contribution in [0.15, 0.2) is 67.1 Å². The topological polar surface area (TPSA) is 122 Å². The smallest absolute Gasteiger partial charge is 0.254 e. The molecule has 2 aliphatic heterocycles. The van der Waals surface area contributed by atoms with Crippen molar-refractivity contribution in [1.29, 1.82) is 0 Å². The molecule has 0 atom stereocenters. The first-order valence-corrected chi connectivity index (χ1v) is 14.6. The van der Waals surface area contributed by atoms with E-state index in [1.54, 1.807) is 35.6 Å². The summed E-state index contributed by atoms with van der Waals surface area (Å²) >= 11 is 6.48. The Balaban J connectivity index is 1.11. The number of ether oxygens (including phenoxy) is 1. The molecule has 43 heavy (non-hydrogen) atoms. The van der Waals surface area contributed by atoms with E-state index in [1.807, 2.05) is 50.2 Å². The van der Waals surface area contributed by atoms with Gasteiger partial charge < -0.3 is 20.3 Å². The minimum absolute atomic E-state index is 0.0599. The van der Waals surface area contributed by atoms with Gasteiger partial charge in [-0.15, -0.1) is 0 Å². The van der Waals surface area contributed by atoms with Gasteiger partial charge in [-0.2, -0.15) is 0 Å². The number of carbonyl (C=O) groups excluding carboxylic acids is 2. The second-order valence-corrected chi connectivity index (χ2v) is 11.7. The molecule has 1 saturated heterocycles. The molecule has 2 amide bonds. The van der Waals surface area contributed by atoms with Gasteiger partial charge in [0.25, 0.3) is 5.91 Å². The average molecular weight is 598 g/mol. The molecule has 0 spiro atoms. The van der Waals surface area contributed by atoms with Crippen LogP contribution in [0.5, 0.6) is 0 Å². The van der Waals surface area contributed by atoms with Crippen LogP contribution in [0.2, 0.25) is 5.02 Å². The van der Waals surface area contributed by atoms with E-state index in [9.17, 15) is 9.59 Å². The molecule has 1 fully saturated rings. The number of carbonyl (C=O) groups is 2. The monoisotopic (exact) mass is 597 g/mol. The second kappa shape index (κ2) is 12.1. The van der Waals surface area contributed by atoms with Gasteiger partial charge in [0.1, 0.15) is 6.54 Å². The van der Waals surface area contributed by atoms with Crippen molar-refractivity contribution >= 4 is 29.4 Å². The fourth-order valence-electron chi connectivity index (χ4n) is 5.42. The molecule has 0 saturated carbocycles. The zero-order chi connectivity index (χ0) is 30.0. The Morgan fingerprint density at radius 3 is 2.51 bits per heavy atom. The molecule has 0 unspecified atom stereocenters. The molecule has 4 aromatic rings. The maximum Gasteiger partial charge on any atom is 0.254 e. The summed E-state index contributed by atoms with van der Waals surface area (Å²) in [6.45, 7) is 5.56. The van der Waals surface area contributed by atoms with E-state index in [2.05, 4.69) is 30.6 Å². The van der Waals surface area contributed by atoms with Gasteiger partial charge in [-0.05, 0) is 49.9 Å². The van der Waals surface area contributed by atoms with Crippen molar-refractivity contribution in [3.05, 3.63) is 88.8 Å². The van der Waals surface area contributed by atoms with Gasteiger partial charge in [0, 0.05) is 54.9 Å². The summed E-state index contributed by atoms with van der Waals surface area (Å²) in [6, 6.07) is 15.4. The van der Waals surface area contributed by atoms with E-state index in [0.717, 1.165) is 29.5 Å². The highest BCUT2D eigenvalue weighted by Crippen LogP contribution is 2.32. The number of benzene rings is 2. The van der Waals surface area contributed by atoms with Crippen LogP contribution < -0.4 is 10.6 Å². The van der Waals surface area contributed by atoms with Crippen molar-refractivity contribution in [1.82, 2.24) is 30.2 Å². The number of anilines is 1. The van der Waals surface area contributed by atoms with Crippen molar-refractivity contribution in [2.45, 2.75) is 44.8 Å². The zero-order valence-corrected chi connectivity index (χ0v) is 24.8. The highest BCUT2D eigenvalue weighted by atomic mass is 35.5. The van der Waals surface area contributed by atoms with Gasteiger partial charge in [-0.3, -0.25) is 9.59 Å². The Bertz CT molecular complexity index is 1640. The van der Waals surface area contributed by atoms with Crippen molar-refractivity contribution in [3.8, 4) is 22.6 Å².